The summed E-state index contributed by atoms with van der Waals surface area (Å²) in [6, 6.07) is 1.49. The van der Waals surface area contributed by atoms with Crippen molar-refractivity contribution >= 4 is 5.97 Å². The van der Waals surface area contributed by atoms with E-state index in [1.54, 1.807) is 0 Å². The Hall–Kier alpha value is -1.71. The van der Waals surface area contributed by atoms with Crippen LogP contribution in [0.5, 0.6) is 11.5 Å². The molecule has 0 aromatic heterocycles. The van der Waals surface area contributed by atoms with Crippen molar-refractivity contribution in [2.24, 2.45) is 0 Å². The molecule has 1 aromatic rings. The number of aromatic hydroxyl groups is 2. The van der Waals surface area contributed by atoms with Gasteiger partial charge < -0.3 is 15.3 Å². The fourth-order valence-corrected chi connectivity index (χ4v) is 2.31. The molecule has 1 aromatic carbocycles. The molecule has 0 atom stereocenters. The number of carboxylic acids is 1. The topological polar surface area (TPSA) is 77.8 Å². The highest BCUT2D eigenvalue weighted by atomic mass is 16.4. The van der Waals surface area contributed by atoms with Crippen LogP contribution in [0.4, 0.5) is 0 Å². The van der Waals surface area contributed by atoms with Crippen LogP contribution in [0.1, 0.15) is 61.0 Å². The number of aryl methyl sites for hydroxylation is 1. The molecule has 0 saturated heterocycles. The van der Waals surface area contributed by atoms with Crippen molar-refractivity contribution in [2.75, 3.05) is 0 Å². The van der Waals surface area contributed by atoms with Crippen molar-refractivity contribution in [1.82, 2.24) is 0 Å². The molecule has 4 nitrogen and oxygen atoms in total. The Bertz CT molecular complexity index is 452. The third-order valence-corrected chi connectivity index (χ3v) is 3.24. The van der Waals surface area contributed by atoms with Crippen molar-refractivity contribution in [3.63, 3.8) is 0 Å². The van der Waals surface area contributed by atoms with E-state index in [2.05, 4.69) is 6.92 Å². The van der Waals surface area contributed by atoms with Gasteiger partial charge in [0, 0.05) is 0 Å². The lowest BCUT2D eigenvalue weighted by Crippen LogP contribution is -2.07. The van der Waals surface area contributed by atoms with Crippen LogP contribution in [0.15, 0.2) is 6.07 Å². The van der Waals surface area contributed by atoms with E-state index in [1.807, 2.05) is 6.92 Å². The average molecular weight is 266 g/mol. The van der Waals surface area contributed by atoms with E-state index >= 15 is 0 Å². The van der Waals surface area contributed by atoms with E-state index in [-0.39, 0.29) is 11.3 Å². The normalized spacial score (nSPS) is 10.6. The summed E-state index contributed by atoms with van der Waals surface area (Å²) < 4.78 is 0. The zero-order valence-electron chi connectivity index (χ0n) is 11.6. The first-order valence-corrected chi connectivity index (χ1v) is 6.82. The maximum Gasteiger partial charge on any atom is 0.339 e. The highest BCUT2D eigenvalue weighted by Gasteiger charge is 2.21. The van der Waals surface area contributed by atoms with Gasteiger partial charge >= 0.3 is 5.97 Å². The fourth-order valence-electron chi connectivity index (χ4n) is 2.31. The lowest BCUT2D eigenvalue weighted by atomic mass is 9.92. The van der Waals surface area contributed by atoms with E-state index < -0.39 is 11.7 Å². The molecule has 0 unspecified atom stereocenters. The summed E-state index contributed by atoms with van der Waals surface area (Å²) in [4.78, 5) is 11.3. The molecule has 3 N–H and O–H groups in total. The van der Waals surface area contributed by atoms with Gasteiger partial charge in [-0.2, -0.15) is 0 Å². The second-order valence-electron chi connectivity index (χ2n) is 4.77. The highest BCUT2D eigenvalue weighted by molar-refractivity contribution is 5.94. The van der Waals surface area contributed by atoms with Crippen LogP contribution in [0.3, 0.4) is 0 Å². The Labute approximate surface area is 113 Å². The predicted octanol–water partition coefficient (Wildman–Crippen LogP) is 3.48. The standard InChI is InChI=1S/C15H22O4/c1-3-5-6-8-11-10(7-4-2)9-12(16)14(17)13(11)15(18)19/h9,16-17H,3-8H2,1-2H3,(H,18,19). The molecule has 19 heavy (non-hydrogen) atoms. The van der Waals surface area contributed by atoms with Crippen LogP contribution in [0.2, 0.25) is 0 Å². The second kappa shape index (κ2) is 7.02. The predicted molar refractivity (Wildman–Crippen MR) is 74.0 cm³/mol. The first kappa shape index (κ1) is 15.3. The summed E-state index contributed by atoms with van der Waals surface area (Å²) in [5.41, 5.74) is 1.35. The summed E-state index contributed by atoms with van der Waals surface area (Å²) in [6.45, 7) is 4.08. The number of hydrogen-bond acceptors (Lipinski definition) is 3. The van der Waals surface area contributed by atoms with Crippen molar-refractivity contribution in [1.29, 1.82) is 0 Å². The van der Waals surface area contributed by atoms with Gasteiger partial charge in [0.25, 0.3) is 0 Å². The van der Waals surface area contributed by atoms with Gasteiger partial charge in [0.05, 0.1) is 0 Å². The van der Waals surface area contributed by atoms with Gasteiger partial charge in [-0.05, 0) is 36.5 Å². The minimum absolute atomic E-state index is 0.139. The number of aromatic carboxylic acids is 1. The number of carbonyl (C=O) groups is 1. The van der Waals surface area contributed by atoms with Gasteiger partial charge in [-0.1, -0.05) is 33.1 Å². The fraction of sp³-hybridized carbons (Fsp3) is 0.533. The SMILES string of the molecule is CCCCCc1c(CCC)cc(O)c(O)c1C(=O)O. The largest absolute Gasteiger partial charge is 0.504 e. The molecule has 0 fully saturated rings. The molecular formula is C15H22O4. The molecule has 0 aliphatic carbocycles. The van der Waals surface area contributed by atoms with Crippen molar-refractivity contribution in [3.8, 4) is 11.5 Å². The molecular weight excluding hydrogens is 244 g/mol. The number of benzene rings is 1. The molecule has 0 aliphatic rings. The zero-order valence-corrected chi connectivity index (χ0v) is 11.6. The van der Waals surface area contributed by atoms with E-state index in [1.165, 1.54) is 6.07 Å². The third kappa shape index (κ3) is 3.63. The summed E-state index contributed by atoms with van der Waals surface area (Å²) in [7, 11) is 0. The first-order chi connectivity index (χ1) is 9.02. The van der Waals surface area contributed by atoms with Crippen molar-refractivity contribution in [2.45, 2.75) is 52.4 Å². The number of hydrogen-bond donors (Lipinski definition) is 3. The van der Waals surface area contributed by atoms with Gasteiger partial charge in [-0.15, -0.1) is 0 Å². The Morgan fingerprint density at radius 3 is 2.32 bits per heavy atom. The van der Waals surface area contributed by atoms with Gasteiger partial charge in [0.15, 0.2) is 11.5 Å². The van der Waals surface area contributed by atoms with Crippen molar-refractivity contribution in [3.05, 3.63) is 22.8 Å². The van der Waals surface area contributed by atoms with Crippen LogP contribution < -0.4 is 0 Å². The third-order valence-electron chi connectivity index (χ3n) is 3.24. The smallest absolute Gasteiger partial charge is 0.339 e. The summed E-state index contributed by atoms with van der Waals surface area (Å²) in [5, 5.41) is 28.7. The highest BCUT2D eigenvalue weighted by Crippen LogP contribution is 2.35. The van der Waals surface area contributed by atoms with Crippen LogP contribution >= 0.6 is 0 Å². The molecule has 1 rings (SSSR count). The Kier molecular flexibility index (Phi) is 5.67. The molecule has 0 amide bonds. The molecule has 0 spiro atoms. The molecule has 0 saturated carbocycles. The number of carboxylic acid groups (broad SMARTS) is 1. The Balaban J connectivity index is 3.26. The number of rotatable bonds is 7. The van der Waals surface area contributed by atoms with Gasteiger partial charge in [-0.3, -0.25) is 0 Å². The second-order valence-corrected chi connectivity index (χ2v) is 4.77. The van der Waals surface area contributed by atoms with Gasteiger partial charge in [-0.25, -0.2) is 4.79 Å². The monoisotopic (exact) mass is 266 g/mol. The number of unbranched alkanes of at least 4 members (excludes halogenated alkanes) is 2. The number of phenols is 2. The van der Waals surface area contributed by atoms with Crippen LogP contribution in [0.25, 0.3) is 0 Å². The molecule has 0 radical (unpaired) electrons. The lowest BCUT2D eigenvalue weighted by Gasteiger charge is -2.15. The summed E-state index contributed by atoms with van der Waals surface area (Å²) >= 11 is 0. The molecule has 0 heterocycles. The van der Waals surface area contributed by atoms with Crippen LogP contribution in [0, 0.1) is 0 Å². The van der Waals surface area contributed by atoms with Gasteiger partial charge in [0.1, 0.15) is 5.56 Å². The Morgan fingerprint density at radius 2 is 1.79 bits per heavy atom. The minimum atomic E-state index is -1.18. The average Bonchev–Trinajstić information content (AvgIpc) is 2.35. The van der Waals surface area contributed by atoms with E-state index in [4.69, 9.17) is 0 Å². The minimum Gasteiger partial charge on any atom is -0.504 e. The Morgan fingerprint density at radius 1 is 1.11 bits per heavy atom. The molecule has 106 valence electrons. The zero-order chi connectivity index (χ0) is 14.4. The maximum atomic E-state index is 11.3. The molecule has 4 heteroatoms. The summed E-state index contributed by atoms with van der Waals surface area (Å²) in [5.74, 6) is -2.05. The molecule has 0 aliphatic heterocycles. The maximum absolute atomic E-state index is 11.3. The van der Waals surface area contributed by atoms with E-state index in [0.29, 0.717) is 18.4 Å². The quantitative estimate of drug-likeness (QED) is 0.521. The first-order valence-electron chi connectivity index (χ1n) is 6.82. The van der Waals surface area contributed by atoms with Crippen molar-refractivity contribution < 1.29 is 20.1 Å². The number of phenolic OH excluding ortho intramolecular Hbond substituents is 1. The summed E-state index contributed by atoms with van der Waals surface area (Å²) in [6.07, 6.45) is 5.15. The van der Waals surface area contributed by atoms with E-state index in [0.717, 1.165) is 31.2 Å². The lowest BCUT2D eigenvalue weighted by molar-refractivity contribution is 0.0691. The molecule has 0 bridgehead atoms. The van der Waals surface area contributed by atoms with Crippen LogP contribution in [-0.2, 0) is 12.8 Å². The van der Waals surface area contributed by atoms with E-state index in [9.17, 15) is 20.1 Å². The van der Waals surface area contributed by atoms with Crippen LogP contribution in [-0.4, -0.2) is 21.3 Å². The van der Waals surface area contributed by atoms with Gasteiger partial charge in [0.2, 0.25) is 0 Å².